The van der Waals surface area contributed by atoms with Gasteiger partial charge >= 0.3 is 5.97 Å². The second-order valence-corrected chi connectivity index (χ2v) is 5.04. The maximum absolute atomic E-state index is 11.5. The van der Waals surface area contributed by atoms with Gasteiger partial charge in [0.25, 0.3) is 0 Å². The predicted octanol–water partition coefficient (Wildman–Crippen LogP) is 0.698. The first-order valence-electron chi connectivity index (χ1n) is 6.21. The molecule has 5 heteroatoms. The number of nitrogens with one attached hydrogen (secondary N) is 1. The molecule has 1 heterocycles. The molecule has 1 aliphatic rings. The van der Waals surface area contributed by atoms with Crippen molar-refractivity contribution in [2.45, 2.75) is 39.2 Å². The summed E-state index contributed by atoms with van der Waals surface area (Å²) in [5, 5.41) is 11.5. The zero-order chi connectivity index (χ0) is 12.8. The molecule has 0 bridgehead atoms. The van der Waals surface area contributed by atoms with Crippen molar-refractivity contribution < 1.29 is 14.7 Å². The van der Waals surface area contributed by atoms with E-state index in [4.69, 9.17) is 5.11 Å². The van der Waals surface area contributed by atoms with Crippen molar-refractivity contribution in [3.63, 3.8) is 0 Å². The minimum atomic E-state index is -0.735. The average Bonchev–Trinajstić information content (AvgIpc) is 2.61. The number of nitrogens with zero attached hydrogens (tertiary/aromatic N) is 1. The third-order valence-electron chi connectivity index (χ3n) is 2.95. The normalized spacial score (nSPS) is 20.8. The molecule has 0 aromatic heterocycles. The second-order valence-electron chi connectivity index (χ2n) is 5.04. The van der Waals surface area contributed by atoms with Gasteiger partial charge in [-0.3, -0.25) is 14.5 Å². The second kappa shape index (κ2) is 6.59. The number of carbonyl (C=O) groups is 2. The lowest BCUT2D eigenvalue weighted by Crippen LogP contribution is -2.39. The van der Waals surface area contributed by atoms with Gasteiger partial charge in [-0.2, -0.15) is 0 Å². The number of rotatable bonds is 6. The third kappa shape index (κ3) is 5.68. The predicted molar refractivity (Wildman–Crippen MR) is 64.7 cm³/mol. The minimum Gasteiger partial charge on any atom is -0.481 e. The quantitative estimate of drug-likeness (QED) is 0.719. The Morgan fingerprint density at radius 2 is 2.18 bits per heavy atom. The molecule has 1 atom stereocenters. The molecule has 5 nitrogen and oxygen atoms in total. The lowest BCUT2D eigenvalue weighted by molar-refractivity contribution is -0.137. The molecule has 1 aliphatic heterocycles. The van der Waals surface area contributed by atoms with Gasteiger partial charge in [-0.15, -0.1) is 0 Å². The van der Waals surface area contributed by atoms with E-state index in [1.807, 2.05) is 13.8 Å². The minimum absolute atomic E-state index is 0.0545. The summed E-state index contributed by atoms with van der Waals surface area (Å²) in [6, 6.07) is 0.174. The Balaban J connectivity index is 2.21. The highest BCUT2D eigenvalue weighted by molar-refractivity contribution is 5.78. The Morgan fingerprint density at radius 3 is 2.76 bits per heavy atom. The van der Waals surface area contributed by atoms with E-state index in [0.717, 1.165) is 25.9 Å². The molecule has 0 saturated carbocycles. The number of carboxylic acids is 1. The van der Waals surface area contributed by atoms with Crippen LogP contribution in [-0.2, 0) is 9.59 Å². The fourth-order valence-corrected chi connectivity index (χ4v) is 2.19. The van der Waals surface area contributed by atoms with E-state index in [2.05, 4.69) is 10.2 Å². The van der Waals surface area contributed by atoms with Crippen molar-refractivity contribution in [1.29, 1.82) is 0 Å². The van der Waals surface area contributed by atoms with Crippen LogP contribution in [0.5, 0.6) is 0 Å². The van der Waals surface area contributed by atoms with Gasteiger partial charge in [-0.25, -0.2) is 0 Å². The number of aliphatic carboxylic acids is 1. The lowest BCUT2D eigenvalue weighted by atomic mass is 10.0. The lowest BCUT2D eigenvalue weighted by Gasteiger charge is -2.16. The molecule has 98 valence electrons. The zero-order valence-corrected chi connectivity index (χ0v) is 10.6. The van der Waals surface area contributed by atoms with Crippen molar-refractivity contribution in [3.05, 3.63) is 0 Å². The molecule has 0 radical (unpaired) electrons. The average molecular weight is 242 g/mol. The van der Waals surface area contributed by atoms with E-state index < -0.39 is 5.97 Å². The van der Waals surface area contributed by atoms with Crippen LogP contribution >= 0.6 is 0 Å². The van der Waals surface area contributed by atoms with Crippen molar-refractivity contribution in [2.24, 2.45) is 5.92 Å². The topological polar surface area (TPSA) is 69.6 Å². The first-order chi connectivity index (χ1) is 7.97. The van der Waals surface area contributed by atoms with E-state index in [1.54, 1.807) is 0 Å². The van der Waals surface area contributed by atoms with Crippen LogP contribution in [0.15, 0.2) is 0 Å². The van der Waals surface area contributed by atoms with Gasteiger partial charge in [-0.1, -0.05) is 0 Å². The standard InChI is InChI=1S/C12H22N2O3/c1-9(2)13-11(15)8-14-6-5-10(7-14)3-4-12(16)17/h9-10H,3-8H2,1-2H3,(H,13,15)(H,16,17). The molecule has 2 N–H and O–H groups in total. The van der Waals surface area contributed by atoms with Gasteiger partial charge in [-0.05, 0) is 39.2 Å². The molecule has 0 aliphatic carbocycles. The monoisotopic (exact) mass is 242 g/mol. The van der Waals surface area contributed by atoms with E-state index in [-0.39, 0.29) is 18.4 Å². The molecule has 1 amide bonds. The molecular weight excluding hydrogens is 220 g/mol. The van der Waals surface area contributed by atoms with E-state index in [1.165, 1.54) is 0 Å². The molecular formula is C12H22N2O3. The van der Waals surface area contributed by atoms with Crippen LogP contribution in [0, 0.1) is 5.92 Å². The highest BCUT2D eigenvalue weighted by Crippen LogP contribution is 2.20. The Labute approximate surface area is 102 Å². The molecule has 0 aromatic rings. The fraction of sp³-hybridized carbons (Fsp3) is 0.833. The summed E-state index contributed by atoms with van der Waals surface area (Å²) in [7, 11) is 0. The highest BCUT2D eigenvalue weighted by Gasteiger charge is 2.24. The maximum atomic E-state index is 11.5. The van der Waals surface area contributed by atoms with Crippen LogP contribution in [-0.4, -0.2) is 47.6 Å². The van der Waals surface area contributed by atoms with Crippen LogP contribution < -0.4 is 5.32 Å². The number of hydrogen-bond acceptors (Lipinski definition) is 3. The fourth-order valence-electron chi connectivity index (χ4n) is 2.19. The Kier molecular flexibility index (Phi) is 5.41. The third-order valence-corrected chi connectivity index (χ3v) is 2.95. The van der Waals surface area contributed by atoms with Gasteiger partial charge in [0.1, 0.15) is 0 Å². The number of carbonyl (C=O) groups excluding carboxylic acids is 1. The summed E-state index contributed by atoms with van der Waals surface area (Å²) in [5.74, 6) is -0.252. The number of carboxylic acid groups (broad SMARTS) is 1. The Morgan fingerprint density at radius 1 is 1.47 bits per heavy atom. The summed E-state index contributed by atoms with van der Waals surface area (Å²) in [4.78, 5) is 24.1. The largest absolute Gasteiger partial charge is 0.481 e. The summed E-state index contributed by atoms with van der Waals surface area (Å²) in [6.45, 7) is 6.06. The number of amides is 1. The van der Waals surface area contributed by atoms with Gasteiger partial charge in [0.15, 0.2) is 0 Å². The summed E-state index contributed by atoms with van der Waals surface area (Å²) >= 11 is 0. The van der Waals surface area contributed by atoms with Crippen LogP contribution in [0.4, 0.5) is 0 Å². The van der Waals surface area contributed by atoms with Gasteiger partial charge < -0.3 is 10.4 Å². The zero-order valence-electron chi connectivity index (χ0n) is 10.6. The van der Waals surface area contributed by atoms with Gasteiger partial charge in [0.05, 0.1) is 6.54 Å². The molecule has 1 fully saturated rings. The van der Waals surface area contributed by atoms with Crippen molar-refractivity contribution in [1.82, 2.24) is 10.2 Å². The first kappa shape index (κ1) is 14.0. The smallest absolute Gasteiger partial charge is 0.303 e. The maximum Gasteiger partial charge on any atom is 0.303 e. The van der Waals surface area contributed by atoms with Crippen LogP contribution in [0.25, 0.3) is 0 Å². The Hall–Kier alpha value is -1.10. The van der Waals surface area contributed by atoms with E-state index >= 15 is 0 Å². The molecule has 1 rings (SSSR count). The summed E-state index contributed by atoms with van der Waals surface area (Å²) in [6.07, 6.45) is 1.95. The van der Waals surface area contributed by atoms with Crippen molar-refractivity contribution in [2.75, 3.05) is 19.6 Å². The molecule has 17 heavy (non-hydrogen) atoms. The van der Waals surface area contributed by atoms with Crippen molar-refractivity contribution in [3.8, 4) is 0 Å². The number of hydrogen-bond donors (Lipinski definition) is 2. The van der Waals surface area contributed by atoms with Crippen molar-refractivity contribution >= 4 is 11.9 Å². The van der Waals surface area contributed by atoms with Crippen LogP contribution in [0.3, 0.4) is 0 Å². The van der Waals surface area contributed by atoms with Gasteiger partial charge in [0, 0.05) is 19.0 Å². The van der Waals surface area contributed by atoms with Crippen LogP contribution in [0.1, 0.15) is 33.1 Å². The summed E-state index contributed by atoms with van der Waals surface area (Å²) < 4.78 is 0. The molecule has 0 aromatic carbocycles. The number of likely N-dealkylation sites (tertiary alicyclic amines) is 1. The van der Waals surface area contributed by atoms with Crippen LogP contribution in [0.2, 0.25) is 0 Å². The SMILES string of the molecule is CC(C)NC(=O)CN1CCC(CCC(=O)O)C1. The molecule has 1 unspecified atom stereocenters. The van der Waals surface area contributed by atoms with E-state index in [0.29, 0.717) is 12.5 Å². The van der Waals surface area contributed by atoms with Gasteiger partial charge in [0.2, 0.25) is 5.91 Å². The first-order valence-corrected chi connectivity index (χ1v) is 6.21. The molecule has 0 spiro atoms. The van der Waals surface area contributed by atoms with E-state index in [9.17, 15) is 9.59 Å². The Bertz CT molecular complexity index is 279. The summed E-state index contributed by atoms with van der Waals surface area (Å²) in [5.41, 5.74) is 0. The highest BCUT2D eigenvalue weighted by atomic mass is 16.4. The molecule has 1 saturated heterocycles.